The Morgan fingerprint density at radius 3 is 1.75 bits per heavy atom. The Labute approximate surface area is 300 Å². The summed E-state index contributed by atoms with van der Waals surface area (Å²) in [4.78, 5) is 9.84. The molecule has 52 heavy (non-hydrogen) atoms. The SMILES string of the molecule is N#Cc1cc2nc(-c3ccccc3)nc(-c3ccc(-c4ccc5c(c4)-c4ccccc4C54c5ccccc5Oc5ccccc54)cc3)c2cc1C#N. The zero-order valence-electron chi connectivity index (χ0n) is 27.7. The van der Waals surface area contributed by atoms with Crippen LogP contribution in [-0.2, 0) is 5.41 Å². The third kappa shape index (κ3) is 4.21. The summed E-state index contributed by atoms with van der Waals surface area (Å²) in [5.74, 6) is 2.31. The monoisotopic (exact) mass is 662 g/mol. The summed E-state index contributed by atoms with van der Waals surface area (Å²) in [6.07, 6.45) is 0. The van der Waals surface area contributed by atoms with Crippen LogP contribution < -0.4 is 4.74 Å². The summed E-state index contributed by atoms with van der Waals surface area (Å²) in [6.45, 7) is 0. The van der Waals surface area contributed by atoms with Crippen molar-refractivity contribution < 1.29 is 4.74 Å². The van der Waals surface area contributed by atoms with E-state index in [9.17, 15) is 10.5 Å². The molecule has 1 aromatic heterocycles. The van der Waals surface area contributed by atoms with Gasteiger partial charge in [-0.15, -0.1) is 0 Å². The average molecular weight is 663 g/mol. The maximum atomic E-state index is 9.82. The van der Waals surface area contributed by atoms with Crippen LogP contribution in [0.15, 0.2) is 158 Å². The molecule has 0 saturated carbocycles. The highest BCUT2D eigenvalue weighted by Crippen LogP contribution is 2.62. The van der Waals surface area contributed by atoms with E-state index in [-0.39, 0.29) is 0 Å². The first-order chi connectivity index (χ1) is 25.7. The lowest BCUT2D eigenvalue weighted by Gasteiger charge is -2.39. The fraction of sp³-hybridized carbons (Fsp3) is 0.0213. The fourth-order valence-corrected chi connectivity index (χ4v) is 8.16. The van der Waals surface area contributed by atoms with Crippen LogP contribution in [0.25, 0.3) is 55.8 Å². The van der Waals surface area contributed by atoms with Gasteiger partial charge in [0.05, 0.1) is 27.8 Å². The Morgan fingerprint density at radius 1 is 0.462 bits per heavy atom. The van der Waals surface area contributed by atoms with E-state index >= 15 is 0 Å². The molecule has 8 aromatic rings. The number of rotatable bonds is 3. The normalized spacial score (nSPS) is 12.9. The Hall–Kier alpha value is -7.34. The van der Waals surface area contributed by atoms with Crippen molar-refractivity contribution in [1.29, 1.82) is 10.5 Å². The number of benzene rings is 7. The quantitative estimate of drug-likeness (QED) is 0.188. The van der Waals surface area contributed by atoms with E-state index in [1.54, 1.807) is 12.1 Å². The van der Waals surface area contributed by atoms with Crippen molar-refractivity contribution in [2.75, 3.05) is 0 Å². The number of fused-ring (bicyclic) bond motifs is 10. The number of nitrogens with zero attached hydrogens (tertiary/aromatic N) is 4. The van der Waals surface area contributed by atoms with Gasteiger partial charge in [-0.25, -0.2) is 9.97 Å². The van der Waals surface area contributed by atoms with Crippen molar-refractivity contribution in [2.24, 2.45) is 0 Å². The third-order valence-electron chi connectivity index (χ3n) is 10.4. The lowest BCUT2D eigenvalue weighted by atomic mass is 9.66. The summed E-state index contributed by atoms with van der Waals surface area (Å²) >= 11 is 0. The number of hydrogen-bond acceptors (Lipinski definition) is 5. The molecule has 0 atom stereocenters. The molecule has 0 amide bonds. The second kappa shape index (κ2) is 11.4. The van der Waals surface area contributed by atoms with Crippen LogP contribution in [0, 0.1) is 22.7 Å². The van der Waals surface area contributed by atoms with Crippen molar-refractivity contribution in [1.82, 2.24) is 9.97 Å². The van der Waals surface area contributed by atoms with Gasteiger partial charge < -0.3 is 4.74 Å². The van der Waals surface area contributed by atoms with Gasteiger partial charge in [0.15, 0.2) is 5.82 Å². The molecule has 2 heterocycles. The van der Waals surface area contributed by atoms with Crippen molar-refractivity contribution in [3.63, 3.8) is 0 Å². The molecule has 7 aromatic carbocycles. The van der Waals surface area contributed by atoms with Crippen LogP contribution in [-0.4, -0.2) is 9.97 Å². The molecule has 0 radical (unpaired) electrons. The molecule has 1 aliphatic carbocycles. The number of aromatic nitrogens is 2. The number of ether oxygens (including phenoxy) is 1. The standard InChI is InChI=1S/C47H26N4O/c48-27-33-25-37-42(26-34(33)28-49)50-46(31-10-2-1-3-11-31)51-45(37)30-20-18-29(19-21-30)32-22-23-39-36(24-32)35-12-4-5-13-38(35)47(39)40-14-6-8-16-43(40)52-44-17-9-7-15-41(44)47/h1-26H. The zero-order valence-corrected chi connectivity index (χ0v) is 27.7. The summed E-state index contributed by atoms with van der Waals surface area (Å²) in [7, 11) is 0. The predicted molar refractivity (Wildman–Crippen MR) is 203 cm³/mol. The molecule has 240 valence electrons. The fourth-order valence-electron chi connectivity index (χ4n) is 8.16. The van der Waals surface area contributed by atoms with E-state index in [1.165, 1.54) is 22.3 Å². The minimum Gasteiger partial charge on any atom is -0.457 e. The minimum absolute atomic E-state index is 0.293. The van der Waals surface area contributed by atoms with Gasteiger partial charge in [-0.1, -0.05) is 127 Å². The lowest BCUT2D eigenvalue weighted by Crippen LogP contribution is -2.32. The van der Waals surface area contributed by atoms with Gasteiger partial charge in [0, 0.05) is 27.6 Å². The van der Waals surface area contributed by atoms with Crippen LogP contribution >= 0.6 is 0 Å². The van der Waals surface area contributed by atoms with Gasteiger partial charge in [-0.05, 0) is 63.7 Å². The maximum absolute atomic E-state index is 9.82. The summed E-state index contributed by atoms with van der Waals surface area (Å²) in [6, 6.07) is 58.3. The zero-order chi connectivity index (χ0) is 34.8. The molecule has 0 unspecified atom stereocenters. The summed E-state index contributed by atoms with van der Waals surface area (Å²) in [5, 5.41) is 20.3. The maximum Gasteiger partial charge on any atom is 0.160 e. The molecule has 1 aliphatic heterocycles. The Balaban J connectivity index is 1.12. The van der Waals surface area contributed by atoms with Crippen molar-refractivity contribution in [3.8, 4) is 68.5 Å². The molecule has 0 saturated heterocycles. The number of nitriles is 2. The van der Waals surface area contributed by atoms with Gasteiger partial charge in [0.25, 0.3) is 0 Å². The molecule has 5 nitrogen and oxygen atoms in total. The van der Waals surface area contributed by atoms with Crippen molar-refractivity contribution in [3.05, 3.63) is 191 Å². The lowest BCUT2D eigenvalue weighted by molar-refractivity contribution is 0.436. The van der Waals surface area contributed by atoms with Gasteiger partial charge in [0.2, 0.25) is 0 Å². The largest absolute Gasteiger partial charge is 0.457 e. The van der Waals surface area contributed by atoms with Gasteiger partial charge in [-0.3, -0.25) is 0 Å². The van der Waals surface area contributed by atoms with Gasteiger partial charge in [-0.2, -0.15) is 10.5 Å². The van der Waals surface area contributed by atoms with Crippen LogP contribution in [0.5, 0.6) is 11.5 Å². The van der Waals surface area contributed by atoms with Crippen LogP contribution in [0.3, 0.4) is 0 Å². The van der Waals surface area contributed by atoms with Crippen LogP contribution in [0.2, 0.25) is 0 Å². The van der Waals surface area contributed by atoms with E-state index in [0.29, 0.717) is 28.2 Å². The van der Waals surface area contributed by atoms with Gasteiger partial charge >= 0.3 is 0 Å². The second-order valence-electron chi connectivity index (χ2n) is 13.1. The molecule has 1 spiro atoms. The first-order valence-corrected chi connectivity index (χ1v) is 17.1. The molecular weight excluding hydrogens is 637 g/mol. The van der Waals surface area contributed by atoms with E-state index in [2.05, 4.69) is 115 Å². The van der Waals surface area contributed by atoms with Crippen molar-refractivity contribution >= 4 is 10.9 Å². The van der Waals surface area contributed by atoms with Crippen LogP contribution in [0.4, 0.5) is 0 Å². The minimum atomic E-state index is -0.502. The highest BCUT2D eigenvalue weighted by Gasteiger charge is 2.50. The first-order valence-electron chi connectivity index (χ1n) is 17.1. The second-order valence-corrected chi connectivity index (χ2v) is 13.1. The smallest absolute Gasteiger partial charge is 0.160 e. The van der Waals surface area contributed by atoms with Crippen LogP contribution in [0.1, 0.15) is 33.4 Å². The molecular formula is C47H26N4O. The predicted octanol–water partition coefficient (Wildman–Crippen LogP) is 10.8. The molecule has 5 heteroatoms. The first kappa shape index (κ1) is 29.6. The number of para-hydroxylation sites is 2. The van der Waals surface area contributed by atoms with Gasteiger partial charge in [0.1, 0.15) is 23.6 Å². The summed E-state index contributed by atoms with van der Waals surface area (Å²) < 4.78 is 6.48. The Bertz CT molecular complexity index is 2800. The Morgan fingerprint density at radius 2 is 1.04 bits per heavy atom. The summed E-state index contributed by atoms with van der Waals surface area (Å²) in [5.41, 5.74) is 12.6. The van der Waals surface area contributed by atoms with Crippen molar-refractivity contribution in [2.45, 2.75) is 5.41 Å². The molecule has 0 bridgehead atoms. The Kier molecular flexibility index (Phi) is 6.45. The molecule has 10 rings (SSSR count). The highest BCUT2D eigenvalue weighted by molar-refractivity contribution is 5.96. The van der Waals surface area contributed by atoms with E-state index in [0.717, 1.165) is 50.3 Å². The third-order valence-corrected chi connectivity index (χ3v) is 10.4. The molecule has 2 aliphatic rings. The van der Waals surface area contributed by atoms with E-state index in [4.69, 9.17) is 14.7 Å². The molecule has 0 fully saturated rings. The number of hydrogen-bond donors (Lipinski definition) is 0. The molecule has 0 N–H and O–H groups in total. The van der Waals surface area contributed by atoms with E-state index in [1.807, 2.05) is 42.5 Å². The topological polar surface area (TPSA) is 82.6 Å². The van der Waals surface area contributed by atoms with E-state index < -0.39 is 5.41 Å². The highest BCUT2D eigenvalue weighted by atomic mass is 16.5. The average Bonchev–Trinajstić information content (AvgIpc) is 3.50.